The van der Waals surface area contributed by atoms with Gasteiger partial charge in [-0.3, -0.25) is 4.79 Å². The quantitative estimate of drug-likeness (QED) is 0.272. The number of benzene rings is 1. The van der Waals surface area contributed by atoms with Gasteiger partial charge in [-0.2, -0.15) is 0 Å². The van der Waals surface area contributed by atoms with Gasteiger partial charge in [0.2, 0.25) is 0 Å². The average molecular weight is 503 g/mol. The number of para-hydroxylation sites is 1. The molecule has 0 aliphatic heterocycles. The number of hydrogen-bond acceptors (Lipinski definition) is 6. The highest BCUT2D eigenvalue weighted by atomic mass is 35.5. The number of unbranched alkanes of at least 4 members (excludes halogenated alkanes) is 1. The molecule has 1 aromatic rings. The van der Waals surface area contributed by atoms with Crippen molar-refractivity contribution in [3.8, 4) is 5.75 Å². The van der Waals surface area contributed by atoms with Crippen molar-refractivity contribution in [1.82, 2.24) is 15.5 Å². The third kappa shape index (κ3) is 11.9. The molecule has 0 saturated heterocycles. The van der Waals surface area contributed by atoms with Crippen LogP contribution in [0.2, 0.25) is 0 Å². The molecule has 3 atom stereocenters. The summed E-state index contributed by atoms with van der Waals surface area (Å²) in [6.07, 6.45) is 1.37. The van der Waals surface area contributed by atoms with E-state index in [9.17, 15) is 14.7 Å². The minimum absolute atomic E-state index is 0. The highest BCUT2D eigenvalue weighted by molar-refractivity contribution is 5.96. The normalized spacial score (nSPS) is 13.4. The van der Waals surface area contributed by atoms with Crippen LogP contribution in [0.15, 0.2) is 24.3 Å². The lowest BCUT2D eigenvalue weighted by molar-refractivity contribution is 0.0927. The fourth-order valence-electron chi connectivity index (χ4n) is 3.23. The first-order chi connectivity index (χ1) is 15.7. The number of hydrogen-bond donors (Lipinski definition) is 4. The van der Waals surface area contributed by atoms with Crippen LogP contribution < -0.4 is 21.1 Å². The van der Waals surface area contributed by atoms with Gasteiger partial charge in [-0.05, 0) is 43.2 Å². The number of aliphatic hydroxyl groups is 1. The SMILES string of the molecule is COCCCCOc1ccccc1C(=O)NC[C@@H](C[C@H](N)[C@@H](O)CNC(=O)N(C)C)C(C)C.Cl. The summed E-state index contributed by atoms with van der Waals surface area (Å²) >= 11 is 0. The molecule has 1 aromatic carbocycles. The van der Waals surface area contributed by atoms with Crippen molar-refractivity contribution in [3.05, 3.63) is 29.8 Å². The van der Waals surface area contributed by atoms with Crippen LogP contribution in [0.4, 0.5) is 4.79 Å². The van der Waals surface area contributed by atoms with Gasteiger partial charge in [-0.1, -0.05) is 26.0 Å². The van der Waals surface area contributed by atoms with E-state index in [-0.39, 0.29) is 42.7 Å². The van der Waals surface area contributed by atoms with Crippen LogP contribution in [0.3, 0.4) is 0 Å². The largest absolute Gasteiger partial charge is 0.493 e. The van der Waals surface area contributed by atoms with Crippen LogP contribution in [0.1, 0.15) is 43.5 Å². The number of nitrogens with two attached hydrogens (primary N) is 1. The van der Waals surface area contributed by atoms with Crippen LogP contribution in [-0.2, 0) is 4.74 Å². The van der Waals surface area contributed by atoms with E-state index in [1.807, 2.05) is 6.07 Å². The predicted octanol–water partition coefficient (Wildman–Crippen LogP) is 2.27. The van der Waals surface area contributed by atoms with Gasteiger partial charge in [0.25, 0.3) is 5.91 Å². The Morgan fingerprint density at radius 1 is 1.09 bits per heavy atom. The molecule has 0 spiro atoms. The maximum Gasteiger partial charge on any atom is 0.316 e. The third-order valence-corrected chi connectivity index (χ3v) is 5.54. The zero-order chi connectivity index (χ0) is 24.8. The standard InChI is InChI=1S/C24H42N4O5.ClH/c1-17(2)18(14-20(25)21(29)16-27-24(31)28(3)4)15-26-23(30)19-10-6-7-11-22(19)33-13-9-8-12-32-5;/h6-7,10-11,17-18,20-21,29H,8-9,12-16,25H2,1-5H3,(H,26,30)(H,27,31);1H/t18-,20+,21+;/m1./s1. The Labute approximate surface area is 210 Å². The van der Waals surface area contributed by atoms with E-state index in [2.05, 4.69) is 24.5 Å². The summed E-state index contributed by atoms with van der Waals surface area (Å²) in [7, 11) is 4.93. The van der Waals surface area contributed by atoms with Crippen molar-refractivity contribution in [3.63, 3.8) is 0 Å². The van der Waals surface area contributed by atoms with Crippen LogP contribution in [0.5, 0.6) is 5.75 Å². The summed E-state index contributed by atoms with van der Waals surface area (Å²) in [4.78, 5) is 25.9. The van der Waals surface area contributed by atoms with E-state index < -0.39 is 12.1 Å². The maximum absolute atomic E-state index is 12.8. The molecule has 10 heteroatoms. The van der Waals surface area contributed by atoms with Gasteiger partial charge >= 0.3 is 6.03 Å². The number of methoxy groups -OCH3 is 1. The lowest BCUT2D eigenvalue weighted by atomic mass is 9.87. The van der Waals surface area contributed by atoms with Crippen LogP contribution in [-0.4, -0.2) is 81.6 Å². The van der Waals surface area contributed by atoms with E-state index in [1.165, 1.54) is 4.90 Å². The minimum atomic E-state index is -0.877. The van der Waals surface area contributed by atoms with Crippen molar-refractivity contribution in [2.75, 3.05) is 47.5 Å². The number of nitrogens with zero attached hydrogens (tertiary/aromatic N) is 1. The molecule has 0 radical (unpaired) electrons. The van der Waals surface area contributed by atoms with Crippen LogP contribution in [0.25, 0.3) is 0 Å². The monoisotopic (exact) mass is 502 g/mol. The topological polar surface area (TPSA) is 126 Å². The molecule has 34 heavy (non-hydrogen) atoms. The Morgan fingerprint density at radius 2 is 1.74 bits per heavy atom. The van der Waals surface area contributed by atoms with Crippen molar-refractivity contribution in [2.24, 2.45) is 17.6 Å². The predicted molar refractivity (Wildman–Crippen MR) is 137 cm³/mol. The Morgan fingerprint density at radius 3 is 2.35 bits per heavy atom. The molecule has 1 rings (SSSR count). The molecule has 3 amide bonds. The molecule has 0 bridgehead atoms. The average Bonchev–Trinajstić information content (AvgIpc) is 2.79. The molecule has 0 aliphatic rings. The summed E-state index contributed by atoms with van der Waals surface area (Å²) in [6, 6.07) is 6.37. The lowest BCUT2D eigenvalue weighted by Crippen LogP contribution is -2.47. The summed E-state index contributed by atoms with van der Waals surface area (Å²) in [5.74, 6) is 0.648. The van der Waals surface area contributed by atoms with Gasteiger partial charge in [-0.15, -0.1) is 12.4 Å². The summed E-state index contributed by atoms with van der Waals surface area (Å²) < 4.78 is 10.9. The van der Waals surface area contributed by atoms with Crippen LogP contribution >= 0.6 is 12.4 Å². The molecule has 196 valence electrons. The van der Waals surface area contributed by atoms with E-state index in [0.29, 0.717) is 37.5 Å². The summed E-state index contributed by atoms with van der Waals surface area (Å²) in [5.41, 5.74) is 6.68. The smallest absolute Gasteiger partial charge is 0.316 e. The number of carbonyl (C=O) groups is 2. The fourth-order valence-corrected chi connectivity index (χ4v) is 3.23. The zero-order valence-corrected chi connectivity index (χ0v) is 21.9. The maximum atomic E-state index is 12.8. The first-order valence-electron chi connectivity index (χ1n) is 11.5. The lowest BCUT2D eigenvalue weighted by Gasteiger charge is -2.27. The van der Waals surface area contributed by atoms with E-state index in [1.54, 1.807) is 39.4 Å². The fraction of sp³-hybridized carbons (Fsp3) is 0.667. The second-order valence-electron chi connectivity index (χ2n) is 8.81. The number of nitrogens with one attached hydrogen (secondary N) is 2. The number of halogens is 1. The molecule has 0 fully saturated rings. The number of ether oxygens (including phenoxy) is 2. The Kier molecular flexibility index (Phi) is 16.3. The molecule has 9 nitrogen and oxygen atoms in total. The Bertz CT molecular complexity index is 720. The molecule has 0 unspecified atom stereocenters. The second kappa shape index (κ2) is 17.4. The first kappa shape index (κ1) is 31.9. The van der Waals surface area contributed by atoms with Gasteiger partial charge in [0.15, 0.2) is 0 Å². The van der Waals surface area contributed by atoms with Crippen molar-refractivity contribution < 1.29 is 24.2 Å². The van der Waals surface area contributed by atoms with E-state index in [0.717, 1.165) is 12.8 Å². The first-order valence-corrected chi connectivity index (χ1v) is 11.5. The molecular formula is C24H43ClN4O5. The van der Waals surface area contributed by atoms with Crippen LogP contribution in [0, 0.1) is 11.8 Å². The minimum Gasteiger partial charge on any atom is -0.493 e. The van der Waals surface area contributed by atoms with Crippen molar-refractivity contribution in [2.45, 2.75) is 45.3 Å². The zero-order valence-electron chi connectivity index (χ0n) is 21.1. The highest BCUT2D eigenvalue weighted by Crippen LogP contribution is 2.20. The highest BCUT2D eigenvalue weighted by Gasteiger charge is 2.24. The Balaban J connectivity index is 0.0000109. The van der Waals surface area contributed by atoms with Crippen molar-refractivity contribution in [1.29, 1.82) is 0 Å². The van der Waals surface area contributed by atoms with E-state index in [4.69, 9.17) is 15.2 Å². The van der Waals surface area contributed by atoms with Crippen molar-refractivity contribution >= 4 is 24.3 Å². The number of amides is 3. The van der Waals surface area contributed by atoms with Gasteiger partial charge in [0.1, 0.15) is 5.75 Å². The molecule has 5 N–H and O–H groups in total. The molecule has 0 saturated carbocycles. The van der Waals surface area contributed by atoms with Gasteiger partial charge in [-0.25, -0.2) is 4.79 Å². The van der Waals surface area contributed by atoms with Gasteiger partial charge < -0.3 is 35.8 Å². The number of carbonyl (C=O) groups excluding carboxylic acids is 2. The Hall–Kier alpha value is -2.07. The van der Waals surface area contributed by atoms with Gasteiger partial charge in [0.05, 0.1) is 18.3 Å². The summed E-state index contributed by atoms with van der Waals surface area (Å²) in [6.45, 7) is 5.80. The summed E-state index contributed by atoms with van der Waals surface area (Å²) in [5, 5.41) is 16.0. The molecule has 0 heterocycles. The molecular weight excluding hydrogens is 460 g/mol. The van der Waals surface area contributed by atoms with E-state index >= 15 is 0 Å². The third-order valence-electron chi connectivity index (χ3n) is 5.54. The number of urea groups is 1. The van der Waals surface area contributed by atoms with Gasteiger partial charge in [0, 0.05) is 46.9 Å². The number of rotatable bonds is 15. The number of aliphatic hydroxyl groups excluding tert-OH is 1. The molecule has 0 aromatic heterocycles. The second-order valence-corrected chi connectivity index (χ2v) is 8.81. The molecule has 0 aliphatic carbocycles.